The Kier molecular flexibility index (Phi) is 10.7. The molecule has 0 atom stereocenters. The Morgan fingerprint density at radius 1 is 0.714 bits per heavy atom. The number of aromatic nitrogens is 2. The van der Waals surface area contributed by atoms with Gasteiger partial charge in [0.1, 0.15) is 5.58 Å². The van der Waals surface area contributed by atoms with Crippen molar-refractivity contribution in [1.29, 1.82) is 0 Å². The molecular formula is C51H50IrN2OSi-2. The Balaban J connectivity index is 0.000000203. The van der Waals surface area contributed by atoms with Crippen molar-refractivity contribution in [3.63, 3.8) is 0 Å². The predicted molar refractivity (Wildman–Crippen MR) is 236 cm³/mol. The molecule has 0 aliphatic carbocycles. The van der Waals surface area contributed by atoms with Gasteiger partial charge in [-0.25, -0.2) is 0 Å². The Morgan fingerprint density at radius 2 is 1.46 bits per heavy atom. The number of rotatable bonds is 8. The van der Waals surface area contributed by atoms with Crippen LogP contribution in [0.1, 0.15) is 57.2 Å². The average molecular weight is 932 g/mol. The summed E-state index contributed by atoms with van der Waals surface area (Å²) in [5, 5.41) is 3.10. The molecule has 0 saturated heterocycles. The van der Waals surface area contributed by atoms with Crippen LogP contribution >= 0.6 is 0 Å². The number of nitrogens with zero attached hydrogens (tertiary/aromatic N) is 2. The van der Waals surface area contributed by atoms with Crippen LogP contribution in [0, 0.1) is 24.9 Å². The monoisotopic (exact) mass is 932 g/mol. The minimum atomic E-state index is -2.12. The first-order chi connectivity index (χ1) is 28.4. The molecule has 8 rings (SSSR count). The van der Waals surface area contributed by atoms with Gasteiger partial charge >= 0.3 is 0 Å². The van der Waals surface area contributed by atoms with Crippen molar-refractivity contribution in [2.75, 3.05) is 0 Å². The summed E-state index contributed by atoms with van der Waals surface area (Å²) in [7, 11) is -1.73. The Hall–Kier alpha value is -4.93. The smallest absolute Gasteiger partial charge is 0.128 e. The van der Waals surface area contributed by atoms with E-state index in [1.54, 1.807) is 12.1 Å². The van der Waals surface area contributed by atoms with Crippen molar-refractivity contribution in [2.45, 2.75) is 66.5 Å². The Morgan fingerprint density at radius 3 is 2.18 bits per heavy atom. The Bertz CT molecular complexity index is 2770. The van der Waals surface area contributed by atoms with E-state index in [1.807, 2.05) is 111 Å². The van der Waals surface area contributed by atoms with Crippen LogP contribution in [-0.2, 0) is 26.5 Å². The second-order valence-corrected chi connectivity index (χ2v) is 20.6. The zero-order valence-corrected chi connectivity index (χ0v) is 36.4. The third-order valence-corrected chi connectivity index (χ3v) is 11.7. The maximum atomic E-state index is 8.73. The second kappa shape index (κ2) is 17.5. The summed E-state index contributed by atoms with van der Waals surface area (Å²) in [6, 6.07) is 45.9. The Labute approximate surface area is 354 Å². The molecule has 1 radical (unpaired) electrons. The maximum absolute atomic E-state index is 8.73. The number of hydrogen-bond donors (Lipinski definition) is 0. The number of benzene rings is 5. The normalized spacial score (nSPS) is 13.3. The first-order valence-electron chi connectivity index (χ1n) is 21.4. The van der Waals surface area contributed by atoms with Gasteiger partial charge in [-0.15, -0.1) is 53.6 Å². The molecule has 0 fully saturated rings. The van der Waals surface area contributed by atoms with Gasteiger partial charge in [0.25, 0.3) is 0 Å². The van der Waals surface area contributed by atoms with Crippen molar-refractivity contribution >= 4 is 35.2 Å². The first kappa shape index (κ1) is 34.3. The predicted octanol–water partition coefficient (Wildman–Crippen LogP) is 13.5. The second-order valence-electron chi connectivity index (χ2n) is 15.6. The number of pyridine rings is 2. The van der Waals surface area contributed by atoms with Crippen LogP contribution in [0.15, 0.2) is 138 Å². The summed E-state index contributed by atoms with van der Waals surface area (Å²) in [6.45, 7) is 12.8. The fourth-order valence-corrected chi connectivity index (χ4v) is 8.23. The van der Waals surface area contributed by atoms with Crippen LogP contribution in [0.3, 0.4) is 0 Å². The molecule has 0 unspecified atom stereocenters. The van der Waals surface area contributed by atoms with Gasteiger partial charge in [0.2, 0.25) is 0 Å². The number of aryl methyl sites for hydroxylation is 1. The zero-order valence-electron chi connectivity index (χ0n) is 38.0. The molecule has 3 heterocycles. The van der Waals surface area contributed by atoms with Crippen molar-refractivity contribution < 1.29 is 31.4 Å². The molecule has 5 heteroatoms. The van der Waals surface area contributed by atoms with Gasteiger partial charge in [0, 0.05) is 50.3 Å². The van der Waals surface area contributed by atoms with E-state index in [4.69, 9.17) is 16.3 Å². The van der Waals surface area contributed by atoms with Crippen molar-refractivity contribution in [3.8, 4) is 44.8 Å². The van der Waals surface area contributed by atoms with Crippen LogP contribution in [0.4, 0.5) is 0 Å². The van der Waals surface area contributed by atoms with E-state index < -0.39 is 21.3 Å². The van der Waals surface area contributed by atoms with Crippen molar-refractivity contribution in [2.24, 2.45) is 5.92 Å². The minimum Gasteiger partial charge on any atom is -0.500 e. The third-order valence-electron chi connectivity index (χ3n) is 9.70. The molecular weight excluding hydrogens is 877 g/mol. The molecule has 0 aliphatic heterocycles. The molecule has 285 valence electrons. The van der Waals surface area contributed by atoms with Crippen LogP contribution in [0.5, 0.6) is 0 Å². The molecule has 0 saturated carbocycles. The minimum absolute atomic E-state index is 0. The van der Waals surface area contributed by atoms with Crippen molar-refractivity contribution in [3.05, 3.63) is 163 Å². The zero-order chi connectivity index (χ0) is 43.0. The first-order valence-corrected chi connectivity index (χ1v) is 22.4. The van der Waals surface area contributed by atoms with E-state index in [0.717, 1.165) is 77.5 Å². The molecule has 0 bridgehead atoms. The van der Waals surface area contributed by atoms with E-state index in [2.05, 4.69) is 74.9 Å². The van der Waals surface area contributed by atoms with Gasteiger partial charge in [-0.3, -0.25) is 0 Å². The molecule has 0 amide bonds. The number of fused-ring (bicyclic) bond motifs is 3. The van der Waals surface area contributed by atoms with E-state index in [0.29, 0.717) is 11.5 Å². The SMILES string of the molecule is [2H]C([2H])([2H])c1ccc(-c2cccc3c2oc2c(-c4cc(C(C)C)ccn4)[c-]ccc23)cc1.[2H]C([2H])(c1cc(-c2[c-]ccc(-c3ccccc3)c2)ncc1[Si](C)(C)C)C(C)C.[Ir]. The molecule has 3 aromatic heterocycles. The summed E-state index contributed by atoms with van der Waals surface area (Å²) in [4.78, 5) is 9.30. The largest absolute Gasteiger partial charge is 0.500 e. The van der Waals surface area contributed by atoms with Crippen LogP contribution in [0.25, 0.3) is 66.7 Å². The van der Waals surface area contributed by atoms with Gasteiger partial charge in [-0.1, -0.05) is 160 Å². The summed E-state index contributed by atoms with van der Waals surface area (Å²) in [6.07, 6.45) is 2.34. The number of hydrogen-bond acceptors (Lipinski definition) is 3. The fourth-order valence-electron chi connectivity index (χ4n) is 6.83. The molecule has 0 aliphatic rings. The van der Waals surface area contributed by atoms with Gasteiger partial charge < -0.3 is 14.4 Å². The van der Waals surface area contributed by atoms with Crippen LogP contribution in [0.2, 0.25) is 19.6 Å². The third kappa shape index (κ3) is 9.03. The quantitative estimate of drug-likeness (QED) is 0.113. The van der Waals surface area contributed by atoms with Crippen molar-refractivity contribution in [1.82, 2.24) is 9.97 Å². The molecule has 0 N–H and O–H groups in total. The summed E-state index contributed by atoms with van der Waals surface area (Å²) < 4.78 is 46.7. The molecule has 5 aromatic carbocycles. The van der Waals surface area contributed by atoms with Gasteiger partial charge in [-0.05, 0) is 58.8 Å². The van der Waals surface area contributed by atoms with Gasteiger partial charge in [0.05, 0.1) is 13.7 Å². The van der Waals surface area contributed by atoms with E-state index in [-0.39, 0.29) is 26.0 Å². The maximum Gasteiger partial charge on any atom is 0.128 e. The number of para-hydroxylation sites is 1. The van der Waals surface area contributed by atoms with Crippen LogP contribution in [-0.4, -0.2) is 18.0 Å². The van der Waals surface area contributed by atoms with Gasteiger partial charge in [0.15, 0.2) is 0 Å². The van der Waals surface area contributed by atoms with Gasteiger partial charge in [-0.2, -0.15) is 0 Å². The van der Waals surface area contributed by atoms with Crippen LogP contribution < -0.4 is 5.19 Å². The number of furan rings is 1. The molecule has 56 heavy (non-hydrogen) atoms. The van der Waals surface area contributed by atoms with E-state index in [1.165, 1.54) is 5.56 Å². The summed E-state index contributed by atoms with van der Waals surface area (Å²) in [5.74, 6) is 0.286. The average Bonchev–Trinajstić information content (AvgIpc) is 3.63. The standard InChI is InChI=1S/C27H22NO.C24H28NSi.Ir/c1-17(2)20-14-15-28-25(16-20)24-9-5-8-23-22-7-4-6-21(26(22)29-27(23)24)19-12-10-18(3)11-13-19;1-18(2)14-22-16-23(25-17-24(22)26(3,4)5)21-13-9-12-20(15-21)19-10-7-6-8-11-19;/h4-8,10-17H,1-3H3;6-12,15-18H,14H2,1-5H3;/q2*-1;/i3D3;14D2;. The van der Waals surface area contributed by atoms with E-state index >= 15 is 0 Å². The fraction of sp³-hybridized carbons (Fsp3) is 0.216. The summed E-state index contributed by atoms with van der Waals surface area (Å²) >= 11 is 0. The molecule has 3 nitrogen and oxygen atoms in total. The summed E-state index contributed by atoms with van der Waals surface area (Å²) in [5.41, 5.74) is 11.3. The van der Waals surface area contributed by atoms with E-state index in [9.17, 15) is 0 Å². The molecule has 8 aromatic rings. The topological polar surface area (TPSA) is 38.9 Å². The molecule has 0 spiro atoms.